The Labute approximate surface area is 156 Å². The molecular formula is C18H24N6O3. The van der Waals surface area contributed by atoms with Crippen molar-refractivity contribution < 1.29 is 9.59 Å². The number of carbonyl (C=O) groups excluding carboxylic acids is 2. The summed E-state index contributed by atoms with van der Waals surface area (Å²) in [7, 11) is 1.82. The third kappa shape index (κ3) is 2.77. The number of likely N-dealkylation sites (N-methyl/N-ethyl adjacent to an activating group) is 1. The molecule has 4 rings (SSSR count). The van der Waals surface area contributed by atoms with Crippen LogP contribution in [0.1, 0.15) is 29.8 Å². The number of fused-ring (bicyclic) bond motifs is 1. The standard InChI is InChI=1S/C18H24N6O3/c1-11-13(12(2)24-14(20-11)9-15(25)21-24)8-16(26)23-6-4-18(5-7-23)10-19-17(27)22(18)3/h9H,4-8,10H2,1-3H3,(H,19,27)(H,21,25). The number of nitrogens with one attached hydrogen (secondary N) is 2. The van der Waals surface area contributed by atoms with E-state index in [0.29, 0.717) is 25.3 Å². The van der Waals surface area contributed by atoms with E-state index in [1.807, 2.05) is 25.8 Å². The molecule has 2 saturated heterocycles. The van der Waals surface area contributed by atoms with Crippen LogP contribution in [0.4, 0.5) is 4.79 Å². The van der Waals surface area contributed by atoms with E-state index in [2.05, 4.69) is 15.4 Å². The number of rotatable bonds is 2. The van der Waals surface area contributed by atoms with Crippen molar-refractivity contribution in [2.24, 2.45) is 0 Å². The first-order chi connectivity index (χ1) is 12.8. The van der Waals surface area contributed by atoms with Crippen molar-refractivity contribution in [3.05, 3.63) is 33.4 Å². The lowest BCUT2D eigenvalue weighted by molar-refractivity contribution is -0.132. The predicted octanol–water partition coefficient (Wildman–Crippen LogP) is 0.198. The van der Waals surface area contributed by atoms with Crippen molar-refractivity contribution in [2.75, 3.05) is 26.7 Å². The fourth-order valence-corrected chi connectivity index (χ4v) is 4.25. The zero-order chi connectivity index (χ0) is 19.3. The minimum absolute atomic E-state index is 0.0406. The van der Waals surface area contributed by atoms with Gasteiger partial charge in [-0.15, -0.1) is 0 Å². The van der Waals surface area contributed by atoms with Gasteiger partial charge in [-0.05, 0) is 26.7 Å². The van der Waals surface area contributed by atoms with Gasteiger partial charge in [0.05, 0.1) is 12.0 Å². The molecule has 2 N–H and O–H groups in total. The number of piperidine rings is 1. The van der Waals surface area contributed by atoms with Crippen molar-refractivity contribution in [2.45, 2.75) is 38.6 Å². The molecule has 0 unspecified atom stereocenters. The van der Waals surface area contributed by atoms with Gasteiger partial charge in [-0.3, -0.25) is 14.7 Å². The Bertz CT molecular complexity index is 983. The lowest BCUT2D eigenvalue weighted by atomic mass is 9.87. The minimum atomic E-state index is -0.210. The summed E-state index contributed by atoms with van der Waals surface area (Å²) in [4.78, 5) is 44.3. The number of hydrogen-bond donors (Lipinski definition) is 2. The molecule has 9 heteroatoms. The third-order valence-corrected chi connectivity index (χ3v) is 6.16. The van der Waals surface area contributed by atoms with Crippen molar-refractivity contribution >= 4 is 17.6 Å². The van der Waals surface area contributed by atoms with Crippen molar-refractivity contribution in [3.63, 3.8) is 0 Å². The van der Waals surface area contributed by atoms with E-state index in [0.717, 1.165) is 29.8 Å². The van der Waals surface area contributed by atoms with Crippen LogP contribution in [0.3, 0.4) is 0 Å². The molecular weight excluding hydrogens is 348 g/mol. The molecule has 0 saturated carbocycles. The van der Waals surface area contributed by atoms with Crippen LogP contribution in [-0.4, -0.2) is 68.6 Å². The van der Waals surface area contributed by atoms with Crippen LogP contribution >= 0.6 is 0 Å². The Morgan fingerprint density at radius 2 is 1.96 bits per heavy atom. The molecule has 2 aromatic heterocycles. The molecule has 3 amide bonds. The highest BCUT2D eigenvalue weighted by atomic mass is 16.2. The van der Waals surface area contributed by atoms with E-state index in [1.165, 1.54) is 6.07 Å². The molecule has 4 heterocycles. The Balaban J connectivity index is 1.50. The van der Waals surface area contributed by atoms with Gasteiger partial charge in [0, 0.05) is 49.7 Å². The summed E-state index contributed by atoms with van der Waals surface area (Å²) < 4.78 is 1.63. The maximum Gasteiger partial charge on any atom is 0.317 e. The van der Waals surface area contributed by atoms with Gasteiger partial charge in [-0.2, -0.15) is 0 Å². The van der Waals surface area contributed by atoms with Gasteiger partial charge >= 0.3 is 6.03 Å². The number of aryl methyl sites for hydroxylation is 2. The van der Waals surface area contributed by atoms with E-state index in [9.17, 15) is 14.4 Å². The van der Waals surface area contributed by atoms with Crippen LogP contribution in [-0.2, 0) is 11.2 Å². The van der Waals surface area contributed by atoms with Gasteiger partial charge in [0.2, 0.25) is 5.91 Å². The van der Waals surface area contributed by atoms with Crippen LogP contribution in [0.5, 0.6) is 0 Å². The molecule has 2 aliphatic heterocycles. The van der Waals surface area contributed by atoms with E-state index in [4.69, 9.17) is 0 Å². The highest BCUT2D eigenvalue weighted by molar-refractivity contribution is 5.80. The summed E-state index contributed by atoms with van der Waals surface area (Å²) in [5, 5.41) is 5.61. The molecule has 0 aliphatic carbocycles. The van der Waals surface area contributed by atoms with Gasteiger partial charge in [0.25, 0.3) is 5.56 Å². The molecule has 0 atom stereocenters. The maximum absolute atomic E-state index is 12.9. The van der Waals surface area contributed by atoms with E-state index in [1.54, 1.807) is 9.42 Å². The quantitative estimate of drug-likeness (QED) is 0.786. The monoisotopic (exact) mass is 372 g/mol. The topological polar surface area (TPSA) is 103 Å². The molecule has 1 spiro atoms. The van der Waals surface area contributed by atoms with Crippen LogP contribution in [0, 0.1) is 13.8 Å². The van der Waals surface area contributed by atoms with Crippen molar-refractivity contribution in [1.82, 2.24) is 29.7 Å². The highest BCUT2D eigenvalue weighted by Crippen LogP contribution is 2.31. The minimum Gasteiger partial charge on any atom is -0.342 e. The van der Waals surface area contributed by atoms with Gasteiger partial charge in [-0.25, -0.2) is 14.3 Å². The van der Waals surface area contributed by atoms with Crippen molar-refractivity contribution in [3.8, 4) is 0 Å². The number of aromatic nitrogens is 3. The second-order valence-corrected chi connectivity index (χ2v) is 7.57. The van der Waals surface area contributed by atoms with Crippen LogP contribution in [0.25, 0.3) is 5.65 Å². The summed E-state index contributed by atoms with van der Waals surface area (Å²) in [5.41, 5.74) is 2.61. The van der Waals surface area contributed by atoms with Crippen molar-refractivity contribution in [1.29, 1.82) is 0 Å². The number of aromatic amines is 1. The van der Waals surface area contributed by atoms with E-state index < -0.39 is 0 Å². The number of hydrogen-bond acceptors (Lipinski definition) is 4. The number of urea groups is 1. The highest BCUT2D eigenvalue weighted by Gasteiger charge is 2.45. The molecule has 2 aromatic rings. The normalized spacial score (nSPS) is 19.1. The second-order valence-electron chi connectivity index (χ2n) is 7.57. The average molecular weight is 372 g/mol. The van der Waals surface area contributed by atoms with Crippen LogP contribution < -0.4 is 10.9 Å². The molecule has 27 heavy (non-hydrogen) atoms. The Kier molecular flexibility index (Phi) is 3.97. The van der Waals surface area contributed by atoms with Gasteiger partial charge < -0.3 is 15.1 Å². The molecule has 2 aliphatic rings. The summed E-state index contributed by atoms with van der Waals surface area (Å²) in [6.45, 7) is 5.65. The smallest absolute Gasteiger partial charge is 0.317 e. The summed E-state index contributed by atoms with van der Waals surface area (Å²) in [5.74, 6) is 0.0478. The lowest BCUT2D eigenvalue weighted by Gasteiger charge is -2.42. The molecule has 0 bridgehead atoms. The van der Waals surface area contributed by atoms with E-state index >= 15 is 0 Å². The molecule has 9 nitrogen and oxygen atoms in total. The first kappa shape index (κ1) is 17.6. The van der Waals surface area contributed by atoms with Gasteiger partial charge in [0.1, 0.15) is 0 Å². The molecule has 0 aromatic carbocycles. The lowest BCUT2D eigenvalue weighted by Crippen LogP contribution is -2.54. The van der Waals surface area contributed by atoms with Crippen LogP contribution in [0.15, 0.2) is 10.9 Å². The summed E-state index contributed by atoms with van der Waals surface area (Å²) in [6, 6.07) is 1.41. The predicted molar refractivity (Wildman–Crippen MR) is 98.7 cm³/mol. The van der Waals surface area contributed by atoms with Gasteiger partial charge in [-0.1, -0.05) is 0 Å². The van der Waals surface area contributed by atoms with Gasteiger partial charge in [0.15, 0.2) is 5.65 Å². The largest absolute Gasteiger partial charge is 0.342 e. The SMILES string of the molecule is Cc1nc2cc(=O)[nH]n2c(C)c1CC(=O)N1CCC2(CC1)CNC(=O)N2C. The Morgan fingerprint density at radius 3 is 2.59 bits per heavy atom. The number of nitrogens with zero attached hydrogens (tertiary/aromatic N) is 4. The Morgan fingerprint density at radius 1 is 1.26 bits per heavy atom. The fraction of sp³-hybridized carbons (Fsp3) is 0.556. The average Bonchev–Trinajstić information content (AvgIpc) is 3.14. The Hall–Kier alpha value is -2.84. The molecule has 0 radical (unpaired) electrons. The summed E-state index contributed by atoms with van der Waals surface area (Å²) >= 11 is 0. The maximum atomic E-state index is 12.9. The molecule has 2 fully saturated rings. The molecule has 144 valence electrons. The zero-order valence-corrected chi connectivity index (χ0v) is 15.8. The number of likely N-dealkylation sites (tertiary alicyclic amines) is 1. The number of H-pyrrole nitrogens is 1. The fourth-order valence-electron chi connectivity index (χ4n) is 4.25. The summed E-state index contributed by atoms with van der Waals surface area (Å²) in [6.07, 6.45) is 1.79. The van der Waals surface area contributed by atoms with E-state index in [-0.39, 0.29) is 29.5 Å². The van der Waals surface area contributed by atoms with Crippen LogP contribution in [0.2, 0.25) is 0 Å². The number of carbonyl (C=O) groups is 2. The third-order valence-electron chi connectivity index (χ3n) is 6.16. The first-order valence-electron chi connectivity index (χ1n) is 9.18. The first-order valence-corrected chi connectivity index (χ1v) is 9.18. The number of amides is 3. The zero-order valence-electron chi connectivity index (χ0n) is 15.8. The second kappa shape index (κ2) is 6.11.